The smallest absolute Gasteiger partial charge is 0.177 e. The topological polar surface area (TPSA) is 76.6 Å². The van der Waals surface area contributed by atoms with Gasteiger partial charge in [-0.05, 0) is 78.9 Å². The van der Waals surface area contributed by atoms with Gasteiger partial charge in [0.05, 0.1) is 30.7 Å². The summed E-state index contributed by atoms with van der Waals surface area (Å²) in [4.78, 5) is 11.5. The fourth-order valence-electron chi connectivity index (χ4n) is 3.43. The number of thiocarbonyl (C=S) groups is 1. The largest absolute Gasteiger partial charge is 0.497 e. The highest BCUT2D eigenvalue weighted by molar-refractivity contribution is 7.80. The number of ether oxygens (including phenoxy) is 1. The SMILES string of the molecule is COc1ccc(N(C)C(=S)Nc2ccc3nc(-c4ccco4)c(-c4ccco4)nc3c2)cc1. The van der Waals surface area contributed by atoms with E-state index in [1.807, 2.05) is 78.7 Å². The Morgan fingerprint density at radius 3 is 2.09 bits per heavy atom. The number of fused-ring (bicyclic) bond motifs is 1. The molecule has 0 saturated carbocycles. The van der Waals surface area contributed by atoms with Gasteiger partial charge in [0.15, 0.2) is 16.6 Å². The summed E-state index contributed by atoms with van der Waals surface area (Å²) in [7, 11) is 3.55. The maximum atomic E-state index is 5.61. The zero-order valence-corrected chi connectivity index (χ0v) is 18.8. The average molecular weight is 457 g/mol. The van der Waals surface area contributed by atoms with Crippen molar-refractivity contribution in [1.29, 1.82) is 0 Å². The van der Waals surface area contributed by atoms with Gasteiger partial charge in [-0.1, -0.05) is 0 Å². The Balaban J connectivity index is 1.46. The monoisotopic (exact) mass is 456 g/mol. The van der Waals surface area contributed by atoms with E-state index >= 15 is 0 Å². The van der Waals surface area contributed by atoms with Crippen LogP contribution in [0.4, 0.5) is 11.4 Å². The third-order valence-corrected chi connectivity index (χ3v) is 5.56. The van der Waals surface area contributed by atoms with Gasteiger partial charge in [-0.2, -0.15) is 0 Å². The Morgan fingerprint density at radius 1 is 0.879 bits per heavy atom. The molecule has 0 fully saturated rings. The second-order valence-electron chi connectivity index (χ2n) is 7.27. The van der Waals surface area contributed by atoms with Crippen LogP contribution in [0.15, 0.2) is 88.1 Å². The first-order chi connectivity index (χ1) is 16.1. The van der Waals surface area contributed by atoms with E-state index in [0.717, 1.165) is 22.6 Å². The first kappa shape index (κ1) is 20.7. The average Bonchev–Trinajstić information content (AvgIpc) is 3.57. The first-order valence-corrected chi connectivity index (χ1v) is 10.6. The lowest BCUT2D eigenvalue weighted by Gasteiger charge is -2.21. The summed E-state index contributed by atoms with van der Waals surface area (Å²) in [6, 6.07) is 20.8. The number of hydrogen-bond donors (Lipinski definition) is 1. The second kappa shape index (κ2) is 8.76. The van der Waals surface area contributed by atoms with Crippen LogP contribution in [0.3, 0.4) is 0 Å². The molecule has 0 spiro atoms. The third-order valence-electron chi connectivity index (χ3n) is 5.19. The molecule has 0 aliphatic rings. The Labute approximate surface area is 195 Å². The van der Waals surface area contributed by atoms with Crippen molar-refractivity contribution in [1.82, 2.24) is 9.97 Å². The number of benzene rings is 2. The highest BCUT2D eigenvalue weighted by Gasteiger charge is 2.17. The van der Waals surface area contributed by atoms with Gasteiger partial charge in [0.1, 0.15) is 17.1 Å². The summed E-state index contributed by atoms with van der Waals surface area (Å²) in [5.74, 6) is 2.03. The number of hydrogen-bond acceptors (Lipinski definition) is 6. The number of furan rings is 2. The minimum absolute atomic E-state index is 0.547. The van der Waals surface area contributed by atoms with Crippen molar-refractivity contribution in [2.24, 2.45) is 0 Å². The quantitative estimate of drug-likeness (QED) is 0.323. The maximum Gasteiger partial charge on any atom is 0.177 e. The molecule has 5 aromatic rings. The van der Waals surface area contributed by atoms with Gasteiger partial charge >= 0.3 is 0 Å². The van der Waals surface area contributed by atoms with Crippen LogP contribution < -0.4 is 15.0 Å². The highest BCUT2D eigenvalue weighted by atomic mass is 32.1. The third kappa shape index (κ3) is 4.16. The van der Waals surface area contributed by atoms with Gasteiger partial charge in [0, 0.05) is 18.4 Å². The number of rotatable bonds is 5. The minimum atomic E-state index is 0.547. The molecular weight excluding hydrogens is 436 g/mol. The molecule has 0 aliphatic heterocycles. The lowest BCUT2D eigenvalue weighted by atomic mass is 10.1. The highest BCUT2D eigenvalue weighted by Crippen LogP contribution is 2.32. The molecule has 3 heterocycles. The molecule has 0 saturated heterocycles. The fourth-order valence-corrected chi connectivity index (χ4v) is 3.66. The van der Waals surface area contributed by atoms with Gasteiger partial charge in [0.2, 0.25) is 0 Å². The van der Waals surface area contributed by atoms with E-state index in [0.29, 0.717) is 33.5 Å². The summed E-state index contributed by atoms with van der Waals surface area (Å²) >= 11 is 5.61. The molecule has 3 aromatic heterocycles. The first-order valence-electron chi connectivity index (χ1n) is 10.2. The van der Waals surface area contributed by atoms with E-state index in [4.69, 9.17) is 35.8 Å². The van der Waals surface area contributed by atoms with E-state index in [2.05, 4.69) is 5.32 Å². The normalized spacial score (nSPS) is 10.8. The lowest BCUT2D eigenvalue weighted by Crippen LogP contribution is -2.30. The zero-order valence-electron chi connectivity index (χ0n) is 18.0. The second-order valence-corrected chi connectivity index (χ2v) is 7.65. The van der Waals surface area contributed by atoms with Gasteiger partial charge in [0.25, 0.3) is 0 Å². The van der Waals surface area contributed by atoms with Crippen molar-refractivity contribution in [3.8, 4) is 28.7 Å². The summed E-state index contributed by atoms with van der Waals surface area (Å²) in [5, 5.41) is 3.82. The van der Waals surface area contributed by atoms with Crippen molar-refractivity contribution in [3.63, 3.8) is 0 Å². The molecule has 0 amide bonds. The Hall–Kier alpha value is -4.17. The van der Waals surface area contributed by atoms with Crippen molar-refractivity contribution >= 4 is 39.7 Å². The van der Waals surface area contributed by atoms with Crippen LogP contribution in [0, 0.1) is 0 Å². The fraction of sp³-hybridized carbons (Fsp3) is 0.0800. The minimum Gasteiger partial charge on any atom is -0.497 e. The summed E-state index contributed by atoms with van der Waals surface area (Å²) < 4.78 is 16.4. The van der Waals surface area contributed by atoms with Gasteiger partial charge in [-0.25, -0.2) is 9.97 Å². The van der Waals surface area contributed by atoms with E-state index in [1.165, 1.54) is 0 Å². The summed E-state index contributed by atoms with van der Waals surface area (Å²) in [6.45, 7) is 0. The van der Waals surface area contributed by atoms with E-state index in [9.17, 15) is 0 Å². The van der Waals surface area contributed by atoms with Crippen LogP contribution in [0.5, 0.6) is 5.75 Å². The molecule has 7 nitrogen and oxygen atoms in total. The molecule has 8 heteroatoms. The molecule has 0 aliphatic carbocycles. The molecule has 2 aromatic carbocycles. The van der Waals surface area contributed by atoms with Crippen molar-refractivity contribution in [2.45, 2.75) is 0 Å². The van der Waals surface area contributed by atoms with Crippen molar-refractivity contribution < 1.29 is 13.6 Å². The van der Waals surface area contributed by atoms with Crippen molar-refractivity contribution in [3.05, 3.63) is 79.3 Å². The van der Waals surface area contributed by atoms with Gasteiger partial charge < -0.3 is 23.8 Å². The molecular formula is C25H20N4O3S. The molecule has 5 rings (SSSR count). The Kier molecular flexibility index (Phi) is 5.50. The number of methoxy groups -OCH3 is 1. The molecule has 0 atom stereocenters. The number of nitrogens with zero attached hydrogens (tertiary/aromatic N) is 3. The lowest BCUT2D eigenvalue weighted by molar-refractivity contribution is 0.415. The number of anilines is 2. The predicted molar refractivity (Wildman–Crippen MR) is 133 cm³/mol. The Morgan fingerprint density at radius 2 is 1.52 bits per heavy atom. The summed E-state index contributed by atoms with van der Waals surface area (Å²) in [5.41, 5.74) is 4.42. The maximum absolute atomic E-state index is 5.61. The predicted octanol–water partition coefficient (Wildman–Crippen LogP) is 5.99. The molecule has 1 N–H and O–H groups in total. The van der Waals surface area contributed by atoms with E-state index in [1.54, 1.807) is 19.6 Å². The number of nitrogens with one attached hydrogen (secondary N) is 1. The van der Waals surface area contributed by atoms with Crippen molar-refractivity contribution in [2.75, 3.05) is 24.4 Å². The van der Waals surface area contributed by atoms with Crippen LogP contribution >= 0.6 is 12.2 Å². The molecule has 0 bridgehead atoms. The zero-order chi connectivity index (χ0) is 22.8. The van der Waals surface area contributed by atoms with Crippen LogP contribution in [0.25, 0.3) is 33.9 Å². The van der Waals surface area contributed by atoms with Gasteiger partial charge in [-0.3, -0.25) is 0 Å². The van der Waals surface area contributed by atoms with Gasteiger partial charge in [-0.15, -0.1) is 0 Å². The van der Waals surface area contributed by atoms with Crippen LogP contribution in [-0.2, 0) is 0 Å². The molecule has 0 radical (unpaired) electrons. The Bertz CT molecular complexity index is 1400. The number of aromatic nitrogens is 2. The molecule has 33 heavy (non-hydrogen) atoms. The van der Waals surface area contributed by atoms with Crippen LogP contribution in [-0.4, -0.2) is 29.2 Å². The van der Waals surface area contributed by atoms with Crippen LogP contribution in [0.1, 0.15) is 0 Å². The van der Waals surface area contributed by atoms with E-state index in [-0.39, 0.29) is 0 Å². The summed E-state index contributed by atoms with van der Waals surface area (Å²) in [6.07, 6.45) is 3.22. The standard InChI is InChI=1S/C25H20N4O3S/c1-29(17-8-10-18(30-2)11-9-17)25(33)26-16-7-12-19-20(15-16)28-24(22-6-4-14-32-22)23(27-19)21-5-3-13-31-21/h3-15H,1-2H3,(H,26,33). The van der Waals surface area contributed by atoms with Crippen LogP contribution in [0.2, 0.25) is 0 Å². The molecule has 164 valence electrons. The van der Waals surface area contributed by atoms with E-state index < -0.39 is 0 Å². The molecule has 0 unspecified atom stereocenters.